The van der Waals surface area contributed by atoms with Crippen molar-refractivity contribution in [2.45, 2.75) is 33.4 Å². The van der Waals surface area contributed by atoms with Gasteiger partial charge < -0.3 is 16.0 Å². The number of carbonyl (C=O) groups excluding carboxylic acids is 1. The molecular formula is C21H27FN4O. The summed E-state index contributed by atoms with van der Waals surface area (Å²) in [4.78, 5) is 16.4. The number of amides is 1. The Morgan fingerprint density at radius 1 is 1.15 bits per heavy atom. The summed E-state index contributed by atoms with van der Waals surface area (Å²) in [6.07, 6.45) is 0. The average molecular weight is 370 g/mol. The third kappa shape index (κ3) is 6.73. The van der Waals surface area contributed by atoms with Gasteiger partial charge in [0.05, 0.1) is 6.04 Å². The summed E-state index contributed by atoms with van der Waals surface area (Å²) >= 11 is 0. The molecule has 3 N–H and O–H groups in total. The number of aryl methyl sites for hydroxylation is 1. The molecule has 0 heterocycles. The predicted octanol–water partition coefficient (Wildman–Crippen LogP) is 3.07. The molecule has 0 aliphatic carbocycles. The van der Waals surface area contributed by atoms with E-state index in [9.17, 15) is 9.18 Å². The van der Waals surface area contributed by atoms with Crippen molar-refractivity contribution in [3.05, 3.63) is 71.0 Å². The van der Waals surface area contributed by atoms with Gasteiger partial charge in [0, 0.05) is 13.1 Å². The predicted molar refractivity (Wildman–Crippen MR) is 107 cm³/mol. The van der Waals surface area contributed by atoms with Crippen molar-refractivity contribution in [3.63, 3.8) is 0 Å². The first kappa shape index (κ1) is 20.4. The smallest absolute Gasteiger partial charge is 0.242 e. The molecule has 2 aromatic rings. The highest BCUT2D eigenvalue weighted by molar-refractivity contribution is 5.85. The van der Waals surface area contributed by atoms with Crippen LogP contribution >= 0.6 is 0 Å². The second-order valence-corrected chi connectivity index (χ2v) is 6.33. The first-order valence-electron chi connectivity index (χ1n) is 9.11. The molecule has 1 amide bonds. The van der Waals surface area contributed by atoms with E-state index in [0.717, 1.165) is 11.1 Å². The third-order valence-corrected chi connectivity index (χ3v) is 4.11. The van der Waals surface area contributed by atoms with Crippen LogP contribution in [0, 0.1) is 12.7 Å². The van der Waals surface area contributed by atoms with Gasteiger partial charge in [-0.3, -0.25) is 4.79 Å². The van der Waals surface area contributed by atoms with Crippen molar-refractivity contribution in [1.82, 2.24) is 16.0 Å². The van der Waals surface area contributed by atoms with E-state index < -0.39 is 0 Å². The van der Waals surface area contributed by atoms with Crippen LogP contribution in [0.15, 0.2) is 53.5 Å². The molecule has 2 rings (SSSR count). The fourth-order valence-corrected chi connectivity index (χ4v) is 2.49. The summed E-state index contributed by atoms with van der Waals surface area (Å²) in [5.74, 6) is 0.120. The summed E-state index contributed by atoms with van der Waals surface area (Å²) in [6.45, 7) is 6.74. The number of aliphatic imine (C=N–C) groups is 1. The van der Waals surface area contributed by atoms with Gasteiger partial charge in [0.15, 0.2) is 5.96 Å². The Labute approximate surface area is 160 Å². The van der Waals surface area contributed by atoms with E-state index in [4.69, 9.17) is 0 Å². The largest absolute Gasteiger partial charge is 0.357 e. The third-order valence-electron chi connectivity index (χ3n) is 4.11. The Morgan fingerprint density at radius 2 is 1.89 bits per heavy atom. The van der Waals surface area contributed by atoms with Crippen LogP contribution in [0.5, 0.6) is 0 Å². The highest BCUT2D eigenvalue weighted by Gasteiger charge is 2.10. The van der Waals surface area contributed by atoms with Gasteiger partial charge in [-0.25, -0.2) is 9.38 Å². The molecule has 0 aliphatic rings. The fraction of sp³-hybridized carbons (Fsp3) is 0.333. The lowest BCUT2D eigenvalue weighted by Crippen LogP contribution is -2.39. The van der Waals surface area contributed by atoms with Crippen molar-refractivity contribution >= 4 is 11.9 Å². The van der Waals surface area contributed by atoms with Crippen LogP contribution in [0.2, 0.25) is 0 Å². The van der Waals surface area contributed by atoms with Gasteiger partial charge >= 0.3 is 0 Å². The van der Waals surface area contributed by atoms with E-state index in [0.29, 0.717) is 24.6 Å². The second kappa shape index (κ2) is 10.3. The van der Waals surface area contributed by atoms with Crippen molar-refractivity contribution in [2.24, 2.45) is 4.99 Å². The van der Waals surface area contributed by atoms with Crippen LogP contribution < -0.4 is 16.0 Å². The van der Waals surface area contributed by atoms with Crippen molar-refractivity contribution < 1.29 is 9.18 Å². The van der Waals surface area contributed by atoms with Crippen molar-refractivity contribution in [2.75, 3.05) is 13.1 Å². The van der Waals surface area contributed by atoms with Gasteiger partial charge in [-0.05, 0) is 43.5 Å². The minimum Gasteiger partial charge on any atom is -0.357 e. The minimum absolute atomic E-state index is 0.0111. The number of nitrogens with zero attached hydrogens (tertiary/aromatic N) is 1. The molecule has 0 fully saturated rings. The molecule has 5 nitrogen and oxygen atoms in total. The lowest BCUT2D eigenvalue weighted by molar-refractivity contribution is -0.119. The van der Waals surface area contributed by atoms with Crippen LogP contribution in [-0.2, 0) is 11.3 Å². The molecule has 1 atom stereocenters. The fourth-order valence-electron chi connectivity index (χ4n) is 2.49. The van der Waals surface area contributed by atoms with Gasteiger partial charge in [-0.15, -0.1) is 0 Å². The Morgan fingerprint density at radius 3 is 2.56 bits per heavy atom. The molecule has 0 aromatic heterocycles. The molecule has 0 aliphatic heterocycles. The maximum absolute atomic E-state index is 13.8. The monoisotopic (exact) mass is 370 g/mol. The zero-order valence-electron chi connectivity index (χ0n) is 16.1. The molecule has 144 valence electrons. The van der Waals surface area contributed by atoms with E-state index in [1.165, 1.54) is 6.07 Å². The Kier molecular flexibility index (Phi) is 7.79. The van der Waals surface area contributed by atoms with Gasteiger partial charge in [0.2, 0.25) is 5.91 Å². The molecule has 0 saturated carbocycles. The number of guanidine groups is 1. The molecule has 2 aromatic carbocycles. The molecule has 1 unspecified atom stereocenters. The topological polar surface area (TPSA) is 65.5 Å². The summed E-state index contributed by atoms with van der Waals surface area (Å²) in [7, 11) is 0. The maximum Gasteiger partial charge on any atom is 0.242 e. The quantitative estimate of drug-likeness (QED) is 0.518. The van der Waals surface area contributed by atoms with Crippen LogP contribution in [-0.4, -0.2) is 25.0 Å². The summed E-state index contributed by atoms with van der Waals surface area (Å²) in [6, 6.07) is 14.7. The van der Waals surface area contributed by atoms with Crippen LogP contribution in [0.25, 0.3) is 0 Å². The SMILES string of the molecule is CCNC(=NCC(=O)NCc1ccccc1)NC(C)c1ccc(C)c(F)c1. The molecule has 0 radical (unpaired) electrons. The first-order chi connectivity index (χ1) is 13.0. The number of carbonyl (C=O) groups is 1. The zero-order valence-corrected chi connectivity index (χ0v) is 16.1. The molecule has 0 bridgehead atoms. The van der Waals surface area contributed by atoms with E-state index in [2.05, 4.69) is 20.9 Å². The number of halogens is 1. The lowest BCUT2D eigenvalue weighted by Gasteiger charge is -2.18. The van der Waals surface area contributed by atoms with E-state index in [1.807, 2.05) is 50.2 Å². The normalized spacial score (nSPS) is 12.4. The highest BCUT2D eigenvalue weighted by atomic mass is 19.1. The zero-order chi connectivity index (χ0) is 19.6. The van der Waals surface area contributed by atoms with Gasteiger partial charge in [-0.2, -0.15) is 0 Å². The molecule has 0 spiro atoms. The van der Waals surface area contributed by atoms with Gasteiger partial charge in [0.1, 0.15) is 12.4 Å². The average Bonchev–Trinajstić information content (AvgIpc) is 2.67. The van der Waals surface area contributed by atoms with E-state index in [-0.39, 0.29) is 24.3 Å². The number of hydrogen-bond acceptors (Lipinski definition) is 2. The molecular weight excluding hydrogens is 343 g/mol. The first-order valence-corrected chi connectivity index (χ1v) is 9.11. The molecule has 27 heavy (non-hydrogen) atoms. The summed E-state index contributed by atoms with van der Waals surface area (Å²) in [5, 5.41) is 9.15. The number of hydrogen-bond donors (Lipinski definition) is 3. The van der Waals surface area contributed by atoms with E-state index in [1.54, 1.807) is 13.0 Å². The van der Waals surface area contributed by atoms with Gasteiger partial charge in [-0.1, -0.05) is 42.5 Å². The number of benzene rings is 2. The number of nitrogens with one attached hydrogen (secondary N) is 3. The Balaban J connectivity index is 1.92. The summed E-state index contributed by atoms with van der Waals surface area (Å²) < 4.78 is 13.8. The second-order valence-electron chi connectivity index (χ2n) is 6.33. The highest BCUT2D eigenvalue weighted by Crippen LogP contribution is 2.16. The Bertz CT molecular complexity index is 777. The van der Waals surface area contributed by atoms with Gasteiger partial charge in [0.25, 0.3) is 0 Å². The van der Waals surface area contributed by atoms with Crippen LogP contribution in [0.3, 0.4) is 0 Å². The minimum atomic E-state index is -0.233. The summed E-state index contributed by atoms with van der Waals surface area (Å²) in [5.41, 5.74) is 2.47. The van der Waals surface area contributed by atoms with Crippen LogP contribution in [0.1, 0.15) is 36.6 Å². The standard InChI is InChI=1S/C21H27FN4O/c1-4-23-21(26-16(3)18-11-10-15(2)19(22)12-18)25-14-20(27)24-13-17-8-6-5-7-9-17/h5-12,16H,4,13-14H2,1-3H3,(H,24,27)(H2,23,25,26). The van der Waals surface area contributed by atoms with Crippen LogP contribution in [0.4, 0.5) is 4.39 Å². The van der Waals surface area contributed by atoms with Crippen molar-refractivity contribution in [1.29, 1.82) is 0 Å². The van der Waals surface area contributed by atoms with E-state index >= 15 is 0 Å². The lowest BCUT2D eigenvalue weighted by atomic mass is 10.1. The molecule has 0 saturated heterocycles. The Hall–Kier alpha value is -2.89. The molecule has 6 heteroatoms. The van der Waals surface area contributed by atoms with Crippen molar-refractivity contribution in [3.8, 4) is 0 Å². The maximum atomic E-state index is 13.8. The number of rotatable bonds is 7.